The van der Waals surface area contributed by atoms with Crippen LogP contribution in [0.3, 0.4) is 0 Å². The first-order valence-corrected chi connectivity index (χ1v) is 9.04. The number of ether oxygens (including phenoxy) is 3. The van der Waals surface area contributed by atoms with Gasteiger partial charge in [0, 0.05) is 29.2 Å². The Hall–Kier alpha value is -2.87. The van der Waals surface area contributed by atoms with E-state index in [1.54, 1.807) is 12.4 Å². The Morgan fingerprint density at radius 3 is 2.74 bits per heavy atom. The lowest BCUT2D eigenvalue weighted by Gasteiger charge is -2.27. The summed E-state index contributed by atoms with van der Waals surface area (Å²) in [7, 11) is 0. The Morgan fingerprint density at radius 2 is 1.93 bits per heavy atom. The van der Waals surface area contributed by atoms with Crippen LogP contribution in [0.25, 0.3) is 5.65 Å². The van der Waals surface area contributed by atoms with Crippen molar-refractivity contribution in [2.75, 3.05) is 31.7 Å². The standard InChI is InChI=1S/C19H17FN4O3/c20-14-1-2-15-17-11(7-26-15)8-27-16-3-12(10-5-25-6-10)18-23-22-9-24(18)19(16)21-4-13(14)17/h1-3,9-11,21H,4-8H2/t11-/m0/s1. The summed E-state index contributed by atoms with van der Waals surface area (Å²) < 4.78 is 33.7. The molecule has 0 aliphatic carbocycles. The van der Waals surface area contributed by atoms with E-state index in [4.69, 9.17) is 14.2 Å². The second-order valence-corrected chi connectivity index (χ2v) is 7.18. The molecule has 2 aromatic heterocycles. The van der Waals surface area contributed by atoms with Gasteiger partial charge >= 0.3 is 0 Å². The highest BCUT2D eigenvalue weighted by Crippen LogP contribution is 2.41. The molecule has 8 heteroatoms. The van der Waals surface area contributed by atoms with Gasteiger partial charge in [-0.05, 0) is 18.2 Å². The maximum absolute atomic E-state index is 14.6. The number of benzene rings is 1. The lowest BCUT2D eigenvalue weighted by Crippen LogP contribution is -2.26. The van der Waals surface area contributed by atoms with E-state index >= 15 is 0 Å². The van der Waals surface area contributed by atoms with Crippen molar-refractivity contribution in [2.24, 2.45) is 0 Å². The van der Waals surface area contributed by atoms with Crippen LogP contribution >= 0.6 is 0 Å². The van der Waals surface area contributed by atoms with Crippen LogP contribution in [-0.2, 0) is 11.3 Å². The van der Waals surface area contributed by atoms with Gasteiger partial charge in [-0.3, -0.25) is 4.40 Å². The van der Waals surface area contributed by atoms with E-state index in [0.717, 1.165) is 28.3 Å². The summed E-state index contributed by atoms with van der Waals surface area (Å²) in [6.45, 7) is 2.60. The number of hydrogen-bond donors (Lipinski definition) is 1. The zero-order valence-corrected chi connectivity index (χ0v) is 14.4. The van der Waals surface area contributed by atoms with Crippen LogP contribution in [0.1, 0.15) is 28.5 Å². The lowest BCUT2D eigenvalue weighted by molar-refractivity contribution is 0.00871. The van der Waals surface area contributed by atoms with Gasteiger partial charge < -0.3 is 19.5 Å². The number of nitrogens with one attached hydrogen (secondary N) is 1. The molecule has 1 saturated heterocycles. The minimum absolute atomic E-state index is 0.00513. The molecule has 138 valence electrons. The molecule has 5 heterocycles. The molecule has 27 heavy (non-hydrogen) atoms. The first kappa shape index (κ1) is 15.2. The summed E-state index contributed by atoms with van der Waals surface area (Å²) in [4.78, 5) is 0. The number of rotatable bonds is 1. The highest BCUT2D eigenvalue weighted by atomic mass is 19.1. The summed E-state index contributed by atoms with van der Waals surface area (Å²) in [6, 6.07) is 5.18. The van der Waals surface area contributed by atoms with Crippen LogP contribution in [0.15, 0.2) is 24.5 Å². The smallest absolute Gasteiger partial charge is 0.166 e. The average molecular weight is 368 g/mol. The Labute approximate surface area is 154 Å². The molecule has 1 atom stereocenters. The van der Waals surface area contributed by atoms with Crippen LogP contribution in [0.4, 0.5) is 10.2 Å². The maximum Gasteiger partial charge on any atom is 0.166 e. The van der Waals surface area contributed by atoms with E-state index in [1.165, 1.54) is 6.07 Å². The van der Waals surface area contributed by atoms with Gasteiger partial charge in [0.15, 0.2) is 17.2 Å². The van der Waals surface area contributed by atoms with Gasteiger partial charge in [0.1, 0.15) is 17.9 Å². The summed E-state index contributed by atoms with van der Waals surface area (Å²) in [5.74, 6) is 2.25. The van der Waals surface area contributed by atoms with Crippen molar-refractivity contribution in [3.05, 3.63) is 47.0 Å². The topological polar surface area (TPSA) is 69.9 Å². The second kappa shape index (κ2) is 5.56. The fraction of sp³-hybridized carbons (Fsp3) is 0.368. The summed E-state index contributed by atoms with van der Waals surface area (Å²) in [5.41, 5.74) is 3.37. The zero-order chi connectivity index (χ0) is 18.0. The van der Waals surface area contributed by atoms with Crippen molar-refractivity contribution in [1.82, 2.24) is 14.6 Å². The van der Waals surface area contributed by atoms with Crippen molar-refractivity contribution in [3.63, 3.8) is 0 Å². The van der Waals surface area contributed by atoms with Crippen LogP contribution in [-0.4, -0.2) is 41.0 Å². The summed E-state index contributed by atoms with van der Waals surface area (Å²) in [5, 5.41) is 11.7. The summed E-state index contributed by atoms with van der Waals surface area (Å²) in [6.07, 6.45) is 1.66. The van der Waals surface area contributed by atoms with Crippen molar-refractivity contribution >= 4 is 11.5 Å². The lowest BCUT2D eigenvalue weighted by atomic mass is 9.96. The van der Waals surface area contributed by atoms with E-state index in [2.05, 4.69) is 15.5 Å². The van der Waals surface area contributed by atoms with E-state index in [0.29, 0.717) is 44.3 Å². The Morgan fingerprint density at radius 1 is 1.07 bits per heavy atom. The third-order valence-corrected chi connectivity index (χ3v) is 5.63. The average Bonchev–Trinajstić information content (AvgIpc) is 3.26. The van der Waals surface area contributed by atoms with Crippen LogP contribution in [0.5, 0.6) is 11.5 Å². The quantitative estimate of drug-likeness (QED) is 0.712. The molecule has 3 aliphatic rings. The van der Waals surface area contributed by atoms with Crippen LogP contribution in [0, 0.1) is 5.82 Å². The molecule has 7 nitrogen and oxygen atoms in total. The van der Waals surface area contributed by atoms with Gasteiger partial charge in [0.05, 0.1) is 32.3 Å². The molecule has 0 amide bonds. The largest absolute Gasteiger partial charge is 0.493 e. The molecule has 3 aliphatic heterocycles. The Bertz CT molecular complexity index is 1060. The van der Waals surface area contributed by atoms with Gasteiger partial charge in [-0.25, -0.2) is 4.39 Å². The van der Waals surface area contributed by atoms with Gasteiger partial charge in [0.2, 0.25) is 0 Å². The molecule has 3 aromatic rings. The number of aromatic nitrogens is 3. The third-order valence-electron chi connectivity index (χ3n) is 5.63. The fourth-order valence-corrected chi connectivity index (χ4v) is 4.12. The first-order chi connectivity index (χ1) is 13.3. The summed E-state index contributed by atoms with van der Waals surface area (Å²) >= 11 is 0. The number of hydrogen-bond acceptors (Lipinski definition) is 6. The molecule has 0 saturated carbocycles. The van der Waals surface area contributed by atoms with Crippen molar-refractivity contribution in [3.8, 4) is 11.5 Å². The molecule has 0 bridgehead atoms. The third kappa shape index (κ3) is 2.16. The van der Waals surface area contributed by atoms with Crippen molar-refractivity contribution < 1.29 is 18.6 Å². The van der Waals surface area contributed by atoms with Crippen LogP contribution in [0.2, 0.25) is 0 Å². The highest BCUT2D eigenvalue weighted by molar-refractivity contribution is 5.65. The molecule has 0 unspecified atom stereocenters. The minimum Gasteiger partial charge on any atom is -0.493 e. The molecular formula is C19H17FN4O3. The van der Waals surface area contributed by atoms with E-state index < -0.39 is 0 Å². The molecule has 1 N–H and O–H groups in total. The second-order valence-electron chi connectivity index (χ2n) is 7.18. The van der Waals surface area contributed by atoms with Crippen LogP contribution < -0.4 is 14.8 Å². The van der Waals surface area contributed by atoms with Crippen molar-refractivity contribution in [1.29, 1.82) is 0 Å². The molecule has 0 radical (unpaired) electrons. The number of pyridine rings is 1. The molecule has 1 fully saturated rings. The highest BCUT2D eigenvalue weighted by Gasteiger charge is 2.32. The van der Waals surface area contributed by atoms with Gasteiger partial charge in [-0.2, -0.15) is 0 Å². The van der Waals surface area contributed by atoms with Crippen molar-refractivity contribution in [2.45, 2.75) is 18.4 Å². The molecular weight excluding hydrogens is 351 g/mol. The van der Waals surface area contributed by atoms with E-state index in [-0.39, 0.29) is 17.7 Å². The number of anilines is 1. The maximum atomic E-state index is 14.6. The first-order valence-electron chi connectivity index (χ1n) is 9.04. The van der Waals surface area contributed by atoms with Gasteiger partial charge in [-0.1, -0.05) is 0 Å². The minimum atomic E-state index is -0.233. The molecule has 1 aromatic carbocycles. The van der Waals surface area contributed by atoms with Gasteiger partial charge in [0.25, 0.3) is 0 Å². The van der Waals surface area contributed by atoms with E-state index in [9.17, 15) is 4.39 Å². The molecule has 0 spiro atoms. The van der Waals surface area contributed by atoms with Gasteiger partial charge in [-0.15, -0.1) is 10.2 Å². The normalized spacial score (nSPS) is 21.0. The predicted molar refractivity (Wildman–Crippen MR) is 94.0 cm³/mol. The zero-order valence-electron chi connectivity index (χ0n) is 14.4. The predicted octanol–water partition coefficient (Wildman–Crippen LogP) is 2.46. The fourth-order valence-electron chi connectivity index (χ4n) is 4.12. The molecule has 6 rings (SSSR count). The number of fused-ring (bicyclic) bond motifs is 3. The number of nitrogens with zero attached hydrogens (tertiary/aromatic N) is 3. The number of halogens is 1. The Balaban J connectivity index is 1.50. The SMILES string of the molecule is Fc1ccc2c3c1CNc1c(cc(C4COC4)c4nncn14)OC[C@@H]3CO2. The Kier molecular flexibility index (Phi) is 3.13. The monoisotopic (exact) mass is 368 g/mol. The van der Waals surface area contributed by atoms with E-state index in [1.807, 2.05) is 10.5 Å².